The topological polar surface area (TPSA) is 26.3 Å². The molecule has 2 heteroatoms. The number of hydrogen-bond donors (Lipinski definition) is 0. The van der Waals surface area contributed by atoms with Gasteiger partial charge in [-0.3, -0.25) is 4.79 Å². The Kier molecular flexibility index (Phi) is 3.88. The Morgan fingerprint density at radius 2 is 1.94 bits per heavy atom. The third-order valence-corrected chi connectivity index (χ3v) is 2.20. The molecule has 1 aromatic carbocycles. The van der Waals surface area contributed by atoms with Crippen LogP contribution in [-0.4, -0.2) is 11.9 Å². The van der Waals surface area contributed by atoms with Crippen LogP contribution in [0.5, 0.6) is 5.75 Å². The Morgan fingerprint density at radius 3 is 2.38 bits per heavy atom. The van der Waals surface area contributed by atoms with E-state index in [-0.39, 0.29) is 11.9 Å². The lowest BCUT2D eigenvalue weighted by Crippen LogP contribution is -2.10. The Balaban J connectivity index is 3.32. The van der Waals surface area contributed by atoms with Crippen molar-refractivity contribution in [2.24, 2.45) is 0 Å². The highest BCUT2D eigenvalue weighted by molar-refractivity contribution is 6.01. The average molecular weight is 218 g/mol. The maximum absolute atomic E-state index is 11.7. The van der Waals surface area contributed by atoms with Crippen molar-refractivity contribution in [3.05, 3.63) is 35.9 Å². The molecule has 0 aromatic heterocycles. The van der Waals surface area contributed by atoms with E-state index in [0.29, 0.717) is 11.3 Å². The first-order valence-corrected chi connectivity index (χ1v) is 5.40. The van der Waals surface area contributed by atoms with E-state index >= 15 is 0 Å². The van der Waals surface area contributed by atoms with Gasteiger partial charge in [-0.05, 0) is 39.3 Å². The number of carbonyl (C=O) groups excluding carboxylic acids is 1. The van der Waals surface area contributed by atoms with Gasteiger partial charge in [0.05, 0.1) is 11.7 Å². The number of ether oxygens (including phenoxy) is 1. The molecule has 16 heavy (non-hydrogen) atoms. The summed E-state index contributed by atoms with van der Waals surface area (Å²) in [6, 6.07) is 5.60. The number of carbonyl (C=O) groups is 1. The summed E-state index contributed by atoms with van der Waals surface area (Å²) in [5.41, 5.74) is 2.37. The molecular formula is C14H18O2. The second-order valence-corrected chi connectivity index (χ2v) is 4.18. The fraction of sp³-hybridized carbons (Fsp3) is 0.357. The number of hydrogen-bond acceptors (Lipinski definition) is 2. The summed E-state index contributed by atoms with van der Waals surface area (Å²) in [6.07, 6.45) is 0.0541. The standard InChI is InChI=1S/C14H18O2/c1-9(2)12-7-6-8-13(16-10(3)4)14(12)11(5)15/h6-8,10H,1H2,2-5H3. The highest BCUT2D eigenvalue weighted by Crippen LogP contribution is 2.28. The van der Waals surface area contributed by atoms with E-state index in [1.807, 2.05) is 39.0 Å². The van der Waals surface area contributed by atoms with E-state index < -0.39 is 0 Å². The third-order valence-electron chi connectivity index (χ3n) is 2.20. The molecule has 0 N–H and O–H groups in total. The largest absolute Gasteiger partial charge is 0.490 e. The van der Waals surface area contributed by atoms with E-state index in [0.717, 1.165) is 11.1 Å². The van der Waals surface area contributed by atoms with Gasteiger partial charge in [0.2, 0.25) is 0 Å². The molecule has 1 aromatic rings. The van der Waals surface area contributed by atoms with E-state index in [1.165, 1.54) is 0 Å². The molecule has 0 saturated heterocycles. The molecule has 0 spiro atoms. The number of benzene rings is 1. The molecule has 0 heterocycles. The molecule has 2 nitrogen and oxygen atoms in total. The Bertz CT molecular complexity index is 417. The van der Waals surface area contributed by atoms with Crippen LogP contribution in [0, 0.1) is 0 Å². The van der Waals surface area contributed by atoms with Crippen LogP contribution in [0.1, 0.15) is 43.6 Å². The fourth-order valence-corrected chi connectivity index (χ4v) is 1.60. The Hall–Kier alpha value is -1.57. The lowest BCUT2D eigenvalue weighted by molar-refractivity contribution is 0.101. The maximum atomic E-state index is 11.7. The smallest absolute Gasteiger partial charge is 0.164 e. The van der Waals surface area contributed by atoms with E-state index in [1.54, 1.807) is 6.92 Å². The van der Waals surface area contributed by atoms with Crippen molar-refractivity contribution in [1.82, 2.24) is 0 Å². The summed E-state index contributed by atoms with van der Waals surface area (Å²) in [5, 5.41) is 0. The SMILES string of the molecule is C=C(C)c1cccc(OC(C)C)c1C(C)=O. The van der Waals surface area contributed by atoms with Crippen LogP contribution in [0.25, 0.3) is 5.57 Å². The summed E-state index contributed by atoms with van der Waals surface area (Å²) in [6.45, 7) is 11.2. The maximum Gasteiger partial charge on any atom is 0.164 e. The van der Waals surface area contributed by atoms with Gasteiger partial charge in [0.1, 0.15) is 5.75 Å². The minimum Gasteiger partial charge on any atom is -0.490 e. The van der Waals surface area contributed by atoms with Gasteiger partial charge in [-0.1, -0.05) is 24.3 Å². The first kappa shape index (κ1) is 12.5. The molecule has 0 fully saturated rings. The van der Waals surface area contributed by atoms with Gasteiger partial charge >= 0.3 is 0 Å². The number of Topliss-reactive ketones (excluding diaryl/α,β-unsaturated/α-hetero) is 1. The molecule has 1 rings (SSSR count). The molecule has 0 bridgehead atoms. The van der Waals surface area contributed by atoms with Crippen molar-refractivity contribution in [3.8, 4) is 5.75 Å². The molecule has 0 aliphatic rings. The molecule has 0 saturated carbocycles. The summed E-state index contributed by atoms with van der Waals surface area (Å²) < 4.78 is 5.64. The van der Waals surface area contributed by atoms with Gasteiger partial charge in [-0.25, -0.2) is 0 Å². The molecule has 0 aliphatic carbocycles. The van der Waals surface area contributed by atoms with Crippen LogP contribution in [0.4, 0.5) is 0 Å². The van der Waals surface area contributed by atoms with Crippen LogP contribution in [0.3, 0.4) is 0 Å². The molecular weight excluding hydrogens is 200 g/mol. The number of rotatable bonds is 4. The highest BCUT2D eigenvalue weighted by Gasteiger charge is 2.14. The van der Waals surface area contributed by atoms with E-state index in [9.17, 15) is 4.79 Å². The summed E-state index contributed by atoms with van der Waals surface area (Å²) in [4.78, 5) is 11.7. The monoisotopic (exact) mass is 218 g/mol. The normalized spacial score (nSPS) is 10.3. The molecule has 0 amide bonds. The van der Waals surface area contributed by atoms with Crippen molar-refractivity contribution in [2.75, 3.05) is 0 Å². The van der Waals surface area contributed by atoms with Gasteiger partial charge in [0, 0.05) is 0 Å². The van der Waals surface area contributed by atoms with Crippen molar-refractivity contribution < 1.29 is 9.53 Å². The van der Waals surface area contributed by atoms with E-state index in [4.69, 9.17) is 4.74 Å². The zero-order chi connectivity index (χ0) is 12.3. The predicted octanol–water partition coefficient (Wildman–Crippen LogP) is 3.71. The minimum atomic E-state index is 0.00856. The van der Waals surface area contributed by atoms with Crippen LogP contribution in [0.2, 0.25) is 0 Å². The second kappa shape index (κ2) is 4.97. The number of allylic oxidation sites excluding steroid dienone is 1. The number of ketones is 1. The summed E-state index contributed by atoms with van der Waals surface area (Å²) in [7, 11) is 0. The van der Waals surface area contributed by atoms with Gasteiger partial charge in [0.25, 0.3) is 0 Å². The van der Waals surface area contributed by atoms with Crippen molar-refractivity contribution in [3.63, 3.8) is 0 Å². The first-order valence-electron chi connectivity index (χ1n) is 5.40. The van der Waals surface area contributed by atoms with E-state index in [2.05, 4.69) is 6.58 Å². The molecule has 0 unspecified atom stereocenters. The van der Waals surface area contributed by atoms with Gasteiger partial charge in [-0.2, -0.15) is 0 Å². The van der Waals surface area contributed by atoms with Gasteiger partial charge in [-0.15, -0.1) is 0 Å². The Morgan fingerprint density at radius 1 is 1.31 bits per heavy atom. The zero-order valence-electron chi connectivity index (χ0n) is 10.3. The van der Waals surface area contributed by atoms with Crippen LogP contribution in [0.15, 0.2) is 24.8 Å². The lowest BCUT2D eigenvalue weighted by Gasteiger charge is -2.15. The lowest BCUT2D eigenvalue weighted by atomic mass is 9.98. The highest BCUT2D eigenvalue weighted by atomic mass is 16.5. The first-order chi connectivity index (χ1) is 7.43. The summed E-state index contributed by atoms with van der Waals surface area (Å²) in [5.74, 6) is 0.650. The van der Waals surface area contributed by atoms with Gasteiger partial charge in [0.15, 0.2) is 5.78 Å². The predicted molar refractivity (Wildman–Crippen MR) is 66.9 cm³/mol. The van der Waals surface area contributed by atoms with Crippen LogP contribution < -0.4 is 4.74 Å². The van der Waals surface area contributed by atoms with Crippen LogP contribution in [-0.2, 0) is 0 Å². The zero-order valence-corrected chi connectivity index (χ0v) is 10.3. The molecule has 86 valence electrons. The quantitative estimate of drug-likeness (QED) is 0.720. The fourth-order valence-electron chi connectivity index (χ4n) is 1.60. The average Bonchev–Trinajstić information content (AvgIpc) is 2.15. The van der Waals surface area contributed by atoms with Crippen LogP contribution >= 0.6 is 0 Å². The molecule has 0 radical (unpaired) electrons. The second-order valence-electron chi connectivity index (χ2n) is 4.18. The minimum absolute atomic E-state index is 0.00856. The Labute approximate surface area is 96.9 Å². The van der Waals surface area contributed by atoms with Gasteiger partial charge < -0.3 is 4.74 Å². The molecule has 0 atom stereocenters. The van der Waals surface area contributed by atoms with Crippen molar-refractivity contribution >= 4 is 11.4 Å². The molecule has 0 aliphatic heterocycles. The van der Waals surface area contributed by atoms with Crippen molar-refractivity contribution in [2.45, 2.75) is 33.8 Å². The third kappa shape index (κ3) is 2.72. The van der Waals surface area contributed by atoms with Crippen molar-refractivity contribution in [1.29, 1.82) is 0 Å². The summed E-state index contributed by atoms with van der Waals surface area (Å²) >= 11 is 0.